The molecule has 2 aromatic carbocycles. The lowest BCUT2D eigenvalue weighted by molar-refractivity contribution is -0.137. The number of nitrogens with one attached hydrogen (secondary N) is 1. The summed E-state index contributed by atoms with van der Waals surface area (Å²) in [5, 5.41) is 13.0. The number of halogens is 3. The topological polar surface area (TPSA) is 61.7 Å². The average molecular weight is 308 g/mol. The van der Waals surface area contributed by atoms with E-state index in [9.17, 15) is 23.1 Å². The Balaban J connectivity index is 2.19. The summed E-state index contributed by atoms with van der Waals surface area (Å²) in [6.45, 7) is 0. The molecule has 0 aliphatic heterocycles. The summed E-state index contributed by atoms with van der Waals surface area (Å²) in [7, 11) is 0. The lowest BCUT2D eigenvalue weighted by Crippen LogP contribution is -2.18. The summed E-state index contributed by atoms with van der Waals surface area (Å²) in [4.78, 5) is 11.7. The van der Waals surface area contributed by atoms with Crippen molar-refractivity contribution in [2.75, 3.05) is 0 Å². The molecular weight excluding hydrogens is 297 g/mol. The van der Waals surface area contributed by atoms with Gasteiger partial charge in [0.2, 0.25) is 0 Å². The minimum absolute atomic E-state index is 0.313. The number of hydrogen-bond donors (Lipinski definition) is 2. The van der Waals surface area contributed by atoms with Gasteiger partial charge < -0.3 is 5.11 Å². The molecule has 0 aliphatic rings. The minimum atomic E-state index is -4.64. The third-order valence-electron chi connectivity index (χ3n) is 2.78. The fourth-order valence-electron chi connectivity index (χ4n) is 1.75. The van der Waals surface area contributed by atoms with Crippen molar-refractivity contribution in [2.24, 2.45) is 5.10 Å². The summed E-state index contributed by atoms with van der Waals surface area (Å²) in [6.07, 6.45) is -3.87. The molecule has 0 fully saturated rings. The predicted molar refractivity (Wildman–Crippen MR) is 74.6 cm³/mol. The number of carbonyl (C=O) groups is 1. The zero-order chi connectivity index (χ0) is 16.2. The van der Waals surface area contributed by atoms with Crippen LogP contribution >= 0.6 is 0 Å². The molecule has 0 heterocycles. The standard InChI is InChI=1S/C15H11F3N2O2/c16-15(17,18)12-7-4-8-13(21)11(12)9-19-20-14(22)10-5-2-1-3-6-10/h1-9,21H,(H,20,22). The number of rotatable bonds is 3. The monoisotopic (exact) mass is 308 g/mol. The number of nitrogens with zero attached hydrogens (tertiary/aromatic N) is 1. The van der Waals surface area contributed by atoms with Crippen LogP contribution in [0.3, 0.4) is 0 Å². The zero-order valence-corrected chi connectivity index (χ0v) is 11.1. The number of phenolic OH excluding ortho intramolecular Hbond substituents is 1. The fourth-order valence-corrected chi connectivity index (χ4v) is 1.75. The first kappa shape index (κ1) is 15.6. The van der Waals surface area contributed by atoms with Gasteiger partial charge in [0.15, 0.2) is 0 Å². The largest absolute Gasteiger partial charge is 0.507 e. The lowest BCUT2D eigenvalue weighted by Gasteiger charge is -2.10. The maximum atomic E-state index is 12.8. The van der Waals surface area contributed by atoms with Crippen LogP contribution in [0.15, 0.2) is 53.6 Å². The van der Waals surface area contributed by atoms with E-state index < -0.39 is 29.0 Å². The summed E-state index contributed by atoms with van der Waals surface area (Å²) in [5.41, 5.74) is 0.871. The number of hydrazone groups is 1. The third kappa shape index (κ3) is 3.63. The van der Waals surface area contributed by atoms with Gasteiger partial charge in [-0.15, -0.1) is 0 Å². The van der Waals surface area contributed by atoms with Crippen molar-refractivity contribution in [1.29, 1.82) is 0 Å². The van der Waals surface area contributed by atoms with Gasteiger partial charge in [0.1, 0.15) is 5.75 Å². The summed E-state index contributed by atoms with van der Waals surface area (Å²) in [6, 6.07) is 11.1. The maximum Gasteiger partial charge on any atom is 0.417 e. The van der Waals surface area contributed by atoms with Crippen molar-refractivity contribution in [3.05, 3.63) is 65.2 Å². The summed E-state index contributed by atoms with van der Waals surface area (Å²) < 4.78 is 38.5. The van der Waals surface area contributed by atoms with Gasteiger partial charge in [0, 0.05) is 11.1 Å². The van der Waals surface area contributed by atoms with Gasteiger partial charge in [-0.25, -0.2) is 5.43 Å². The van der Waals surface area contributed by atoms with Crippen LogP contribution in [-0.4, -0.2) is 17.2 Å². The zero-order valence-electron chi connectivity index (χ0n) is 11.1. The molecule has 0 spiro atoms. The SMILES string of the molecule is O=C(NN=Cc1c(O)cccc1C(F)(F)F)c1ccccc1. The van der Waals surface area contributed by atoms with E-state index in [0.717, 1.165) is 24.4 Å². The third-order valence-corrected chi connectivity index (χ3v) is 2.78. The highest BCUT2D eigenvalue weighted by Crippen LogP contribution is 2.34. The molecule has 2 N–H and O–H groups in total. The number of phenols is 1. The van der Waals surface area contributed by atoms with Crippen molar-refractivity contribution < 1.29 is 23.1 Å². The Labute approximate surface area is 123 Å². The molecule has 4 nitrogen and oxygen atoms in total. The maximum absolute atomic E-state index is 12.8. The molecule has 0 saturated heterocycles. The molecule has 22 heavy (non-hydrogen) atoms. The van der Waals surface area contributed by atoms with Gasteiger partial charge in [-0.3, -0.25) is 4.79 Å². The van der Waals surface area contributed by atoms with E-state index in [1.54, 1.807) is 18.2 Å². The van der Waals surface area contributed by atoms with Gasteiger partial charge >= 0.3 is 6.18 Å². The highest BCUT2D eigenvalue weighted by molar-refractivity contribution is 5.95. The Morgan fingerprint density at radius 3 is 2.41 bits per heavy atom. The first-order valence-corrected chi connectivity index (χ1v) is 6.17. The predicted octanol–water partition coefficient (Wildman–Crippen LogP) is 3.17. The van der Waals surface area contributed by atoms with Crippen molar-refractivity contribution >= 4 is 12.1 Å². The normalized spacial score (nSPS) is 11.6. The second kappa shape index (κ2) is 6.30. The number of amides is 1. The molecule has 0 unspecified atom stereocenters. The second-order valence-corrected chi connectivity index (χ2v) is 4.30. The molecule has 2 aromatic rings. The second-order valence-electron chi connectivity index (χ2n) is 4.30. The van der Waals surface area contributed by atoms with Crippen molar-refractivity contribution in [2.45, 2.75) is 6.18 Å². The van der Waals surface area contributed by atoms with Crippen LogP contribution < -0.4 is 5.43 Å². The van der Waals surface area contributed by atoms with E-state index in [1.807, 2.05) is 0 Å². The molecular formula is C15H11F3N2O2. The molecule has 114 valence electrons. The molecule has 2 rings (SSSR count). The molecule has 0 bridgehead atoms. The molecule has 0 aromatic heterocycles. The quantitative estimate of drug-likeness (QED) is 0.676. The van der Waals surface area contributed by atoms with Crippen LogP contribution in [0.2, 0.25) is 0 Å². The first-order chi connectivity index (χ1) is 10.4. The van der Waals surface area contributed by atoms with Crippen molar-refractivity contribution in [1.82, 2.24) is 5.43 Å². The lowest BCUT2D eigenvalue weighted by atomic mass is 10.1. The highest BCUT2D eigenvalue weighted by Gasteiger charge is 2.33. The summed E-state index contributed by atoms with van der Waals surface area (Å²) >= 11 is 0. The Hall–Kier alpha value is -2.83. The van der Waals surface area contributed by atoms with Crippen LogP contribution in [0, 0.1) is 0 Å². The highest BCUT2D eigenvalue weighted by atomic mass is 19.4. The van der Waals surface area contributed by atoms with Gasteiger partial charge in [-0.1, -0.05) is 24.3 Å². The Morgan fingerprint density at radius 1 is 1.09 bits per heavy atom. The first-order valence-electron chi connectivity index (χ1n) is 6.17. The summed E-state index contributed by atoms with van der Waals surface area (Å²) in [5.74, 6) is -1.15. The van der Waals surface area contributed by atoms with Crippen molar-refractivity contribution in [3.63, 3.8) is 0 Å². The number of hydrogen-bond acceptors (Lipinski definition) is 3. The molecule has 0 saturated carbocycles. The fraction of sp³-hybridized carbons (Fsp3) is 0.0667. The number of benzene rings is 2. The molecule has 7 heteroatoms. The molecule has 1 amide bonds. The van der Waals surface area contributed by atoms with E-state index in [2.05, 4.69) is 10.5 Å². The van der Waals surface area contributed by atoms with E-state index in [0.29, 0.717) is 5.56 Å². The Morgan fingerprint density at radius 2 is 1.77 bits per heavy atom. The molecule has 0 radical (unpaired) electrons. The minimum Gasteiger partial charge on any atom is -0.507 e. The Kier molecular flexibility index (Phi) is 4.45. The Bertz CT molecular complexity index is 698. The number of alkyl halides is 3. The van der Waals surface area contributed by atoms with Crippen LogP contribution in [-0.2, 0) is 6.18 Å². The van der Waals surface area contributed by atoms with E-state index in [4.69, 9.17) is 0 Å². The van der Waals surface area contributed by atoms with Gasteiger partial charge in [0.25, 0.3) is 5.91 Å². The number of carbonyl (C=O) groups excluding carboxylic acids is 1. The average Bonchev–Trinajstić information content (AvgIpc) is 2.48. The van der Waals surface area contributed by atoms with E-state index in [-0.39, 0.29) is 0 Å². The van der Waals surface area contributed by atoms with Crippen molar-refractivity contribution in [3.8, 4) is 5.75 Å². The van der Waals surface area contributed by atoms with Gasteiger partial charge in [0.05, 0.1) is 11.8 Å². The van der Waals surface area contributed by atoms with Crippen LogP contribution in [0.4, 0.5) is 13.2 Å². The van der Waals surface area contributed by atoms with Gasteiger partial charge in [-0.05, 0) is 24.3 Å². The van der Waals surface area contributed by atoms with Gasteiger partial charge in [-0.2, -0.15) is 18.3 Å². The van der Waals surface area contributed by atoms with E-state index in [1.165, 1.54) is 12.1 Å². The smallest absolute Gasteiger partial charge is 0.417 e. The van der Waals surface area contributed by atoms with Crippen LogP contribution in [0.5, 0.6) is 5.75 Å². The van der Waals surface area contributed by atoms with Crippen LogP contribution in [0.1, 0.15) is 21.5 Å². The molecule has 0 atom stereocenters. The number of aromatic hydroxyl groups is 1. The van der Waals surface area contributed by atoms with Crippen LogP contribution in [0.25, 0.3) is 0 Å². The van der Waals surface area contributed by atoms with E-state index >= 15 is 0 Å². The molecule has 0 aliphatic carbocycles.